The molecule has 0 radical (unpaired) electrons. The topological polar surface area (TPSA) is 183 Å². The zero-order chi connectivity index (χ0) is 99.1. The molecule has 16 heteroatoms. The number of hydrogen-bond donors (Lipinski definition) is 0. The number of furan rings is 3. The van der Waals surface area contributed by atoms with Crippen LogP contribution in [0.1, 0.15) is 0 Å². The maximum atomic E-state index is 6.23. The molecule has 16 nitrogen and oxygen atoms in total. The van der Waals surface area contributed by atoms with Crippen molar-refractivity contribution in [2.75, 3.05) is 0 Å². The van der Waals surface area contributed by atoms with Gasteiger partial charge in [0, 0.05) is 132 Å². The van der Waals surface area contributed by atoms with Gasteiger partial charge in [-0.25, -0.2) is 49.8 Å². The van der Waals surface area contributed by atoms with Crippen molar-refractivity contribution in [2.24, 2.45) is 0 Å². The minimum atomic E-state index is 0.574. The maximum Gasteiger partial charge on any atom is 0.165 e. The molecule has 702 valence electrons. The van der Waals surface area contributed by atoms with Crippen molar-refractivity contribution < 1.29 is 13.3 Å². The second-order valence-electron chi connectivity index (χ2n) is 37.2. The Labute approximate surface area is 858 Å². The average molecular weight is 1920 g/mol. The molecule has 0 bridgehead atoms. The number of hydrogen-bond acceptors (Lipinski definition) is 13. The van der Waals surface area contributed by atoms with E-state index in [1.165, 1.54) is 21.5 Å². The van der Waals surface area contributed by atoms with Crippen LogP contribution in [0.15, 0.2) is 517 Å². The summed E-state index contributed by atoms with van der Waals surface area (Å²) < 4.78 is 25.5. The molecule has 0 fully saturated rings. The van der Waals surface area contributed by atoms with Crippen LogP contribution in [0.2, 0.25) is 0 Å². The van der Waals surface area contributed by atoms with Crippen molar-refractivity contribution in [1.29, 1.82) is 0 Å². The van der Waals surface area contributed by atoms with Gasteiger partial charge < -0.3 is 22.4 Å². The van der Waals surface area contributed by atoms with E-state index in [0.29, 0.717) is 52.4 Å². The minimum Gasteiger partial charge on any atom is -0.456 e. The van der Waals surface area contributed by atoms with Gasteiger partial charge in [0.25, 0.3) is 0 Å². The molecule has 0 unspecified atom stereocenters. The summed E-state index contributed by atoms with van der Waals surface area (Å²) >= 11 is 0. The van der Waals surface area contributed by atoms with Gasteiger partial charge >= 0.3 is 0 Å². The summed E-state index contributed by atoms with van der Waals surface area (Å²) in [5, 5.41) is 13.9. The number of fused-ring (bicyclic) bond motifs is 18. The van der Waals surface area contributed by atoms with Gasteiger partial charge in [0.2, 0.25) is 0 Å². The molecule has 0 aliphatic rings. The monoisotopic (exact) mass is 1920 g/mol. The van der Waals surface area contributed by atoms with Gasteiger partial charge in [-0.05, 0) is 173 Å². The average Bonchev–Trinajstić information content (AvgIpc) is 1.59. The summed E-state index contributed by atoms with van der Waals surface area (Å²) in [7, 11) is 0. The smallest absolute Gasteiger partial charge is 0.165 e. The third kappa shape index (κ3) is 15.8. The number of para-hydroxylation sites is 6. The lowest BCUT2D eigenvalue weighted by Gasteiger charge is -2.12. The van der Waals surface area contributed by atoms with Crippen LogP contribution in [0.25, 0.3) is 284 Å². The van der Waals surface area contributed by atoms with Gasteiger partial charge in [-0.3, -0.25) is 4.57 Å². The quantitative estimate of drug-likeness (QED) is 0.0946. The van der Waals surface area contributed by atoms with Gasteiger partial charge in [0.15, 0.2) is 52.4 Å². The van der Waals surface area contributed by atoms with Crippen molar-refractivity contribution in [1.82, 2.24) is 63.5 Å². The van der Waals surface area contributed by atoms with Crippen LogP contribution in [0.3, 0.4) is 0 Å². The summed E-state index contributed by atoms with van der Waals surface area (Å²) in [5.74, 6) is 6.48. The molecule has 0 saturated heterocycles. The van der Waals surface area contributed by atoms with Crippen LogP contribution in [0, 0.1) is 0 Å². The third-order valence-corrected chi connectivity index (χ3v) is 28.2. The fourth-order valence-electron chi connectivity index (χ4n) is 21.2. The summed E-state index contributed by atoms with van der Waals surface area (Å²) in [6.45, 7) is 0. The fourth-order valence-corrected chi connectivity index (χ4v) is 21.2. The first-order valence-corrected chi connectivity index (χ1v) is 50.0. The first-order chi connectivity index (χ1) is 74.3. The highest BCUT2D eigenvalue weighted by Gasteiger charge is 2.25. The van der Waals surface area contributed by atoms with Crippen molar-refractivity contribution in [2.45, 2.75) is 0 Å². The number of nitrogens with zero attached hydrogens (tertiary/aromatic N) is 13. The van der Waals surface area contributed by atoms with E-state index in [1.807, 2.05) is 249 Å². The summed E-state index contributed by atoms with van der Waals surface area (Å²) in [4.78, 5) is 49.2. The number of aromatic nitrogens is 13. The third-order valence-electron chi connectivity index (χ3n) is 28.2. The Morgan fingerprint density at radius 3 is 0.893 bits per heavy atom. The Balaban J connectivity index is 0.000000108. The number of pyridine rings is 1. The molecular weight excluding hydrogens is 1840 g/mol. The van der Waals surface area contributed by atoms with Crippen LogP contribution in [-0.2, 0) is 0 Å². The molecule has 10 heterocycles. The predicted octanol–water partition coefficient (Wildman–Crippen LogP) is 34.0. The summed E-state index contributed by atoms with van der Waals surface area (Å²) in [6, 6.07) is 171. The highest BCUT2D eigenvalue weighted by Crippen LogP contribution is 2.46. The van der Waals surface area contributed by atoms with Gasteiger partial charge in [0.05, 0.1) is 33.1 Å². The first kappa shape index (κ1) is 87.2. The molecule has 20 aromatic carbocycles. The molecule has 0 aliphatic carbocycles. The summed E-state index contributed by atoms with van der Waals surface area (Å²) in [6.07, 6.45) is 1.86. The van der Waals surface area contributed by atoms with E-state index in [4.69, 9.17) is 63.1 Å². The molecular formula is C134H83N13O3. The van der Waals surface area contributed by atoms with E-state index >= 15 is 0 Å². The Morgan fingerprint density at radius 2 is 0.440 bits per heavy atom. The van der Waals surface area contributed by atoms with Gasteiger partial charge in [0.1, 0.15) is 39.3 Å². The molecule has 0 N–H and O–H groups in total. The molecule has 30 rings (SSSR count). The molecule has 10 aromatic heterocycles. The van der Waals surface area contributed by atoms with E-state index in [-0.39, 0.29) is 0 Å². The zero-order valence-electron chi connectivity index (χ0n) is 80.5. The first-order valence-electron chi connectivity index (χ1n) is 50.0. The molecule has 0 amide bonds. The molecule has 0 atom stereocenters. The Kier molecular flexibility index (Phi) is 21.5. The van der Waals surface area contributed by atoms with E-state index in [9.17, 15) is 0 Å². The lowest BCUT2D eigenvalue weighted by atomic mass is 9.98. The van der Waals surface area contributed by atoms with Crippen LogP contribution in [-0.4, -0.2) is 63.5 Å². The van der Waals surface area contributed by atoms with E-state index < -0.39 is 0 Å². The van der Waals surface area contributed by atoms with Crippen LogP contribution in [0.5, 0.6) is 0 Å². The standard InChI is InChI=1S/2C45H28N4O.C44H27N5O/c1-3-13-29(14-4-1)43-46-44(30-15-5-2-6-16-30)48-45(47-43)32-17-11-18-33(27-32)49-38-22-9-7-19-35(38)37-28-31(25-26-39(37)49)34-21-12-24-41-42(34)36-20-8-10-23-40(36)50-41;1-3-11-29(12-4-1)43-46-44(30-13-5-2-6-14-30)48-45(47-43)31-19-23-34(24-20-31)49-39-17-9-7-15-35(39)36-25-21-33(28-40(36)49)32-22-26-42-38(27-32)37-16-8-10-18-41(37)50-42;1-3-12-28(13-4-1)42-46-43(29-14-5-2-6-15-29)48-44(47-42)31-23-25-40(45-27-31)49-36-19-9-7-16-33(36)35-26-30(22-24-37(35)49)32-18-11-21-39-41(32)34-17-8-10-20-38(34)50-39/h2*1-28H;1-27H. The van der Waals surface area contributed by atoms with Gasteiger partial charge in [-0.15, -0.1) is 0 Å². The Bertz CT molecular complexity index is 10300. The number of benzene rings is 20. The van der Waals surface area contributed by atoms with Crippen LogP contribution >= 0.6 is 0 Å². The SMILES string of the molecule is c1ccc(-c2nc(-c3ccccc3)nc(-c3ccc(-n4c5ccccc5c5cc(-c6cccc7oc8ccccc8c67)ccc54)nc3)n2)cc1.c1ccc(-c2nc(-c3ccccc3)nc(-c3ccc(-n4c5ccccc5c5ccc(-c6ccc7oc8ccccc8c7c6)cc54)cc3)n2)cc1.c1ccc(-c2nc(-c3ccccc3)nc(-c3cccc(-n4c5ccccc5c5cc(-c6cccc7oc8ccccc8c67)ccc54)c3)n2)cc1. The maximum absolute atomic E-state index is 6.23. The second kappa shape index (κ2) is 37.0. The normalized spacial score (nSPS) is 11.6. The zero-order valence-corrected chi connectivity index (χ0v) is 80.5. The van der Waals surface area contributed by atoms with Crippen LogP contribution < -0.4 is 0 Å². The Hall–Kier alpha value is -20.6. The van der Waals surface area contributed by atoms with Crippen molar-refractivity contribution >= 4 is 131 Å². The highest BCUT2D eigenvalue weighted by molar-refractivity contribution is 6.18. The van der Waals surface area contributed by atoms with Crippen molar-refractivity contribution in [3.8, 4) is 153 Å². The largest absolute Gasteiger partial charge is 0.456 e. The van der Waals surface area contributed by atoms with Gasteiger partial charge in [-0.2, -0.15) is 0 Å². The van der Waals surface area contributed by atoms with Crippen molar-refractivity contribution in [3.63, 3.8) is 0 Å². The van der Waals surface area contributed by atoms with Gasteiger partial charge in [-0.1, -0.05) is 358 Å². The second-order valence-corrected chi connectivity index (χ2v) is 37.2. The molecule has 30 aromatic rings. The Morgan fingerprint density at radius 1 is 0.147 bits per heavy atom. The van der Waals surface area contributed by atoms with E-state index in [1.54, 1.807) is 0 Å². The lowest BCUT2D eigenvalue weighted by Crippen LogP contribution is -2.01. The lowest BCUT2D eigenvalue weighted by molar-refractivity contribution is 0.668. The van der Waals surface area contributed by atoms with Crippen molar-refractivity contribution in [3.05, 3.63) is 504 Å². The van der Waals surface area contributed by atoms with Crippen LogP contribution in [0.4, 0.5) is 0 Å². The van der Waals surface area contributed by atoms with E-state index in [0.717, 1.165) is 210 Å². The molecule has 0 aliphatic heterocycles. The van der Waals surface area contributed by atoms with E-state index in [2.05, 4.69) is 268 Å². The molecule has 150 heavy (non-hydrogen) atoms. The molecule has 0 saturated carbocycles. The fraction of sp³-hybridized carbons (Fsp3) is 0. The molecule has 0 spiro atoms. The number of rotatable bonds is 15. The minimum absolute atomic E-state index is 0.574. The summed E-state index contributed by atoms with van der Waals surface area (Å²) in [5.41, 5.74) is 29.4. The predicted molar refractivity (Wildman–Crippen MR) is 607 cm³/mol. The highest BCUT2D eigenvalue weighted by atomic mass is 16.3.